The summed E-state index contributed by atoms with van der Waals surface area (Å²) < 4.78 is 2.25. The molecular formula is C17H19Br2N. The van der Waals surface area contributed by atoms with Gasteiger partial charge in [-0.1, -0.05) is 63.0 Å². The van der Waals surface area contributed by atoms with Crippen molar-refractivity contribution >= 4 is 31.9 Å². The zero-order chi connectivity index (χ0) is 14.5. The third-order valence-corrected chi connectivity index (χ3v) is 4.50. The molecule has 2 rings (SSSR count). The van der Waals surface area contributed by atoms with Crippen LogP contribution in [0.2, 0.25) is 0 Å². The Labute approximate surface area is 138 Å². The molecule has 2 aromatic carbocycles. The topological polar surface area (TPSA) is 12.0 Å². The highest BCUT2D eigenvalue weighted by Gasteiger charge is 2.13. The minimum absolute atomic E-state index is 0.320. The normalized spacial score (nSPS) is 14.0. The van der Waals surface area contributed by atoms with Gasteiger partial charge in [0.2, 0.25) is 0 Å². The number of halogens is 2. The van der Waals surface area contributed by atoms with Gasteiger partial charge in [-0.3, -0.25) is 0 Å². The summed E-state index contributed by atoms with van der Waals surface area (Å²) in [5.41, 5.74) is 2.63. The van der Waals surface area contributed by atoms with Gasteiger partial charge in [-0.25, -0.2) is 0 Å². The predicted molar refractivity (Wildman–Crippen MR) is 92.9 cm³/mol. The van der Waals surface area contributed by atoms with Crippen LogP contribution in [0.1, 0.15) is 43.5 Å². The Balaban J connectivity index is 2.11. The first kappa shape index (κ1) is 15.7. The maximum absolute atomic E-state index is 3.71. The van der Waals surface area contributed by atoms with Gasteiger partial charge < -0.3 is 5.32 Å². The average molecular weight is 397 g/mol. The van der Waals surface area contributed by atoms with Crippen LogP contribution in [0.5, 0.6) is 0 Å². The van der Waals surface area contributed by atoms with Gasteiger partial charge in [-0.2, -0.15) is 0 Å². The Morgan fingerprint density at radius 3 is 2.25 bits per heavy atom. The maximum Gasteiger partial charge on any atom is 0.0323 e. The summed E-state index contributed by atoms with van der Waals surface area (Å²) in [6.45, 7) is 4.43. The molecule has 0 radical (unpaired) electrons. The average Bonchev–Trinajstić information content (AvgIpc) is 2.45. The molecule has 0 spiro atoms. The molecule has 0 fully saturated rings. The van der Waals surface area contributed by atoms with Gasteiger partial charge in [0.1, 0.15) is 0 Å². The van der Waals surface area contributed by atoms with Crippen molar-refractivity contribution in [2.24, 2.45) is 0 Å². The van der Waals surface area contributed by atoms with Gasteiger partial charge in [-0.15, -0.1) is 0 Å². The summed E-state index contributed by atoms with van der Waals surface area (Å²) in [5.74, 6) is 0. The molecule has 3 heteroatoms. The zero-order valence-corrected chi connectivity index (χ0v) is 14.9. The molecule has 20 heavy (non-hydrogen) atoms. The van der Waals surface area contributed by atoms with E-state index in [2.05, 4.69) is 99.6 Å². The number of rotatable bonds is 5. The molecule has 0 saturated heterocycles. The van der Waals surface area contributed by atoms with Crippen molar-refractivity contribution in [1.82, 2.24) is 5.32 Å². The number of nitrogens with one attached hydrogen (secondary N) is 1. The monoisotopic (exact) mass is 395 g/mol. The number of hydrogen-bond donors (Lipinski definition) is 1. The van der Waals surface area contributed by atoms with Crippen LogP contribution in [0.15, 0.2) is 57.5 Å². The van der Waals surface area contributed by atoms with Crippen LogP contribution in [0.3, 0.4) is 0 Å². The van der Waals surface area contributed by atoms with Crippen molar-refractivity contribution in [1.29, 1.82) is 0 Å². The van der Waals surface area contributed by atoms with E-state index in [1.807, 2.05) is 0 Å². The highest BCUT2D eigenvalue weighted by molar-refractivity contribution is 9.10. The molecule has 0 aliphatic heterocycles. The van der Waals surface area contributed by atoms with Crippen molar-refractivity contribution < 1.29 is 0 Å². The molecule has 0 heterocycles. The van der Waals surface area contributed by atoms with E-state index in [-0.39, 0.29) is 0 Å². The Morgan fingerprint density at radius 1 is 0.950 bits per heavy atom. The molecule has 1 nitrogen and oxygen atoms in total. The van der Waals surface area contributed by atoms with Gasteiger partial charge >= 0.3 is 0 Å². The first-order chi connectivity index (χ1) is 9.60. The van der Waals surface area contributed by atoms with Crippen LogP contribution >= 0.6 is 31.9 Å². The highest BCUT2D eigenvalue weighted by Crippen LogP contribution is 2.24. The molecule has 0 bridgehead atoms. The lowest BCUT2D eigenvalue weighted by Crippen LogP contribution is -2.24. The predicted octanol–water partition coefficient (Wildman–Crippen LogP) is 6.01. The Hall–Kier alpha value is -0.640. The minimum atomic E-state index is 0.320. The van der Waals surface area contributed by atoms with Crippen LogP contribution in [0, 0.1) is 0 Å². The lowest BCUT2D eigenvalue weighted by atomic mass is 10.0. The van der Waals surface area contributed by atoms with Crippen molar-refractivity contribution in [3.63, 3.8) is 0 Å². The number of benzene rings is 2. The van der Waals surface area contributed by atoms with Gasteiger partial charge in [0.15, 0.2) is 0 Å². The van der Waals surface area contributed by atoms with E-state index in [1.54, 1.807) is 0 Å². The molecular weight excluding hydrogens is 378 g/mol. The number of hydrogen-bond acceptors (Lipinski definition) is 1. The molecule has 1 unspecified atom stereocenters. The van der Waals surface area contributed by atoms with E-state index in [9.17, 15) is 0 Å². The summed E-state index contributed by atoms with van der Waals surface area (Å²) in [4.78, 5) is 0. The van der Waals surface area contributed by atoms with Gasteiger partial charge in [0.25, 0.3) is 0 Å². The molecule has 0 saturated carbocycles. The molecule has 0 aliphatic rings. The lowest BCUT2D eigenvalue weighted by Gasteiger charge is -2.23. The summed E-state index contributed by atoms with van der Waals surface area (Å²) in [6.07, 6.45) is 1.07. The first-order valence-corrected chi connectivity index (χ1v) is 8.45. The molecule has 2 aromatic rings. The molecule has 0 amide bonds. The third kappa shape index (κ3) is 4.18. The zero-order valence-electron chi connectivity index (χ0n) is 11.7. The highest BCUT2D eigenvalue weighted by atomic mass is 79.9. The van der Waals surface area contributed by atoms with Gasteiger partial charge in [0, 0.05) is 21.0 Å². The van der Waals surface area contributed by atoms with E-state index < -0.39 is 0 Å². The van der Waals surface area contributed by atoms with E-state index >= 15 is 0 Å². The molecule has 106 valence electrons. The van der Waals surface area contributed by atoms with Crippen molar-refractivity contribution in [3.8, 4) is 0 Å². The second kappa shape index (κ2) is 7.39. The fraction of sp³-hybridized carbons (Fsp3) is 0.294. The van der Waals surface area contributed by atoms with Crippen LogP contribution < -0.4 is 5.32 Å². The second-order valence-electron chi connectivity index (χ2n) is 4.96. The van der Waals surface area contributed by atoms with Crippen LogP contribution in [0.25, 0.3) is 0 Å². The Bertz CT molecular complexity index is 551. The first-order valence-electron chi connectivity index (χ1n) is 6.87. The van der Waals surface area contributed by atoms with E-state index in [0.717, 1.165) is 15.4 Å². The maximum atomic E-state index is 3.71. The summed E-state index contributed by atoms with van der Waals surface area (Å²) in [7, 11) is 0. The van der Waals surface area contributed by atoms with Crippen LogP contribution in [-0.2, 0) is 0 Å². The molecule has 1 N–H and O–H groups in total. The van der Waals surface area contributed by atoms with Gasteiger partial charge in [0.05, 0.1) is 0 Å². The van der Waals surface area contributed by atoms with Gasteiger partial charge in [-0.05, 0) is 48.7 Å². The quantitative estimate of drug-likeness (QED) is 0.651. The van der Waals surface area contributed by atoms with Crippen LogP contribution in [-0.4, -0.2) is 0 Å². The third-order valence-electron chi connectivity index (χ3n) is 3.48. The lowest BCUT2D eigenvalue weighted by molar-refractivity contribution is 0.456. The van der Waals surface area contributed by atoms with Crippen LogP contribution in [0.4, 0.5) is 0 Å². The van der Waals surface area contributed by atoms with Crippen molar-refractivity contribution in [2.45, 2.75) is 32.4 Å². The SMILES string of the molecule is CCC(N[C@H](C)c1cccc(Br)c1)c1ccc(Br)cc1. The molecule has 0 aromatic heterocycles. The van der Waals surface area contributed by atoms with E-state index in [1.165, 1.54) is 11.1 Å². The fourth-order valence-corrected chi connectivity index (χ4v) is 3.00. The fourth-order valence-electron chi connectivity index (χ4n) is 2.32. The second-order valence-corrected chi connectivity index (χ2v) is 6.79. The summed E-state index contributed by atoms with van der Waals surface area (Å²) in [6, 6.07) is 17.7. The molecule has 2 atom stereocenters. The van der Waals surface area contributed by atoms with E-state index in [4.69, 9.17) is 0 Å². The Morgan fingerprint density at radius 2 is 1.65 bits per heavy atom. The minimum Gasteiger partial charge on any atom is -0.303 e. The summed E-state index contributed by atoms with van der Waals surface area (Å²) in [5, 5.41) is 3.71. The molecule has 0 aliphatic carbocycles. The summed E-state index contributed by atoms with van der Waals surface area (Å²) >= 11 is 7.02. The van der Waals surface area contributed by atoms with Crippen molar-refractivity contribution in [3.05, 3.63) is 68.6 Å². The largest absolute Gasteiger partial charge is 0.303 e. The van der Waals surface area contributed by atoms with E-state index in [0.29, 0.717) is 12.1 Å². The van der Waals surface area contributed by atoms with Crippen molar-refractivity contribution in [2.75, 3.05) is 0 Å². The Kier molecular flexibility index (Phi) is 5.82. The smallest absolute Gasteiger partial charge is 0.0323 e. The standard InChI is InChI=1S/C17H19Br2N/c1-3-17(13-7-9-15(18)10-8-13)20-12(2)14-5-4-6-16(19)11-14/h4-12,17,20H,3H2,1-2H3/t12-,17?/m1/s1.